The zero-order valence-electron chi connectivity index (χ0n) is 44.6. The third-order valence-corrected chi connectivity index (χ3v) is 21.3. The summed E-state index contributed by atoms with van der Waals surface area (Å²) < 4.78 is 4.98. The Morgan fingerprint density at radius 2 is 0.568 bits per heavy atom. The Bertz CT molecular complexity index is 4570. The van der Waals surface area contributed by atoms with Crippen LogP contribution in [-0.2, 0) is 0 Å². The number of para-hydroxylation sites is 3. The highest BCUT2D eigenvalue weighted by Crippen LogP contribution is 2.43. The smallest absolute Gasteiger partial charge is 0.179 e. The molecule has 0 saturated heterocycles. The van der Waals surface area contributed by atoms with Crippen molar-refractivity contribution in [2.45, 2.75) is 0 Å². The van der Waals surface area contributed by atoms with Gasteiger partial charge in [-0.05, 0) is 114 Å². The van der Waals surface area contributed by atoms with E-state index < -0.39 is 8.07 Å². The number of hydrogen-bond acceptors (Lipinski definition) is 0. The first-order valence-electron chi connectivity index (χ1n) is 28.0. The molecular formula is C78H54N2Si. The second-order valence-corrected chi connectivity index (χ2v) is 25.0. The van der Waals surface area contributed by atoms with Crippen LogP contribution in [0.15, 0.2) is 328 Å². The van der Waals surface area contributed by atoms with E-state index in [1.807, 2.05) is 0 Å². The molecule has 2 heterocycles. The van der Waals surface area contributed by atoms with Crippen molar-refractivity contribution in [1.29, 1.82) is 0 Å². The van der Waals surface area contributed by atoms with Gasteiger partial charge in [-0.3, -0.25) is 0 Å². The Balaban J connectivity index is 1.02. The third-order valence-electron chi connectivity index (χ3n) is 16.6. The fraction of sp³-hybridized carbons (Fsp3) is 0. The molecule has 0 atom stereocenters. The summed E-state index contributed by atoms with van der Waals surface area (Å²) in [5.41, 5.74) is 18.8. The van der Waals surface area contributed by atoms with Crippen LogP contribution in [0.25, 0.3) is 111 Å². The van der Waals surface area contributed by atoms with Crippen molar-refractivity contribution in [1.82, 2.24) is 9.13 Å². The topological polar surface area (TPSA) is 9.86 Å². The molecule has 15 aromatic rings. The third kappa shape index (κ3) is 8.17. The molecule has 0 aliphatic carbocycles. The number of rotatable bonds is 11. The van der Waals surface area contributed by atoms with Crippen LogP contribution < -0.4 is 20.7 Å². The molecule has 0 unspecified atom stereocenters. The van der Waals surface area contributed by atoms with E-state index in [0.717, 1.165) is 33.5 Å². The summed E-state index contributed by atoms with van der Waals surface area (Å²) >= 11 is 0. The Morgan fingerprint density at radius 3 is 1.06 bits per heavy atom. The van der Waals surface area contributed by atoms with Gasteiger partial charge in [-0.15, -0.1) is 0 Å². The predicted molar refractivity (Wildman–Crippen MR) is 346 cm³/mol. The lowest BCUT2D eigenvalue weighted by atomic mass is 9.95. The fourth-order valence-electron chi connectivity index (χ4n) is 13.0. The molecule has 0 N–H and O–H groups in total. The van der Waals surface area contributed by atoms with E-state index in [4.69, 9.17) is 0 Å². The van der Waals surface area contributed by atoms with Gasteiger partial charge in [-0.1, -0.05) is 279 Å². The molecule has 0 aliphatic rings. The molecular weight excluding hydrogens is 993 g/mol. The van der Waals surface area contributed by atoms with Gasteiger partial charge in [0.2, 0.25) is 0 Å². The Hall–Kier alpha value is -10.3. The summed E-state index contributed by atoms with van der Waals surface area (Å²) in [7, 11) is -3.28. The molecule has 2 aromatic heterocycles. The SMILES string of the molecule is c1ccc(-c2cc(-c3ccccc3)cc([Si](c3ccccc3)(c3ccccc3)c3cc(-c4ccccc4)c(-n4c5ccccc5c5cc(-c6cccc(-n7c8ccccc8c8ccccc87)c6)ccc54)c(-c4ccccc4)c3)c2)cc1. The highest BCUT2D eigenvalue weighted by molar-refractivity contribution is 7.20. The summed E-state index contributed by atoms with van der Waals surface area (Å²) in [5, 5.41) is 10.2. The number of aromatic nitrogens is 2. The Morgan fingerprint density at radius 1 is 0.198 bits per heavy atom. The molecule has 0 bridgehead atoms. The summed E-state index contributed by atoms with van der Waals surface area (Å²) in [4.78, 5) is 0. The normalized spacial score (nSPS) is 11.7. The standard InChI is InChI=1S/C78H54N2Si/c1-7-26-55(27-8-1)61-48-62(56-28-9-2-10-29-56)51-66(50-61)81(64-36-15-5-16-37-64,65-38-17-6-18-39-65)67-53-71(57-30-11-3-12-31-57)78(72(54-67)58-32-13-4-14-33-58)80-76-45-24-21-42-70(76)73-52-60(46-47-77(73)80)59-34-25-35-63(49-59)79-74-43-22-19-40-68(74)69-41-20-23-44-75(69)79/h1-54H. The minimum Gasteiger partial charge on any atom is -0.309 e. The summed E-state index contributed by atoms with van der Waals surface area (Å²) in [6.07, 6.45) is 0. The van der Waals surface area contributed by atoms with E-state index in [-0.39, 0.29) is 0 Å². The maximum absolute atomic E-state index is 3.28. The highest BCUT2D eigenvalue weighted by Gasteiger charge is 2.43. The van der Waals surface area contributed by atoms with Crippen molar-refractivity contribution in [3.8, 4) is 67.0 Å². The van der Waals surface area contributed by atoms with E-state index in [2.05, 4.69) is 337 Å². The van der Waals surface area contributed by atoms with Crippen molar-refractivity contribution in [3.63, 3.8) is 0 Å². The predicted octanol–water partition coefficient (Wildman–Crippen LogP) is 17.6. The van der Waals surface area contributed by atoms with Gasteiger partial charge in [-0.2, -0.15) is 0 Å². The van der Waals surface area contributed by atoms with E-state index in [1.165, 1.54) is 97.8 Å². The number of nitrogens with zero attached hydrogens (tertiary/aromatic N) is 2. The van der Waals surface area contributed by atoms with E-state index in [0.29, 0.717) is 0 Å². The number of benzene rings is 13. The molecule has 0 amide bonds. The van der Waals surface area contributed by atoms with Crippen molar-refractivity contribution in [3.05, 3.63) is 328 Å². The first-order valence-corrected chi connectivity index (χ1v) is 30.0. The largest absolute Gasteiger partial charge is 0.309 e. The maximum Gasteiger partial charge on any atom is 0.179 e. The van der Waals surface area contributed by atoms with Crippen LogP contribution in [0.4, 0.5) is 0 Å². The van der Waals surface area contributed by atoms with Crippen LogP contribution in [0.1, 0.15) is 0 Å². The van der Waals surface area contributed by atoms with Gasteiger partial charge in [0.15, 0.2) is 8.07 Å². The molecule has 0 radical (unpaired) electrons. The first-order chi connectivity index (χ1) is 40.2. The number of fused-ring (bicyclic) bond motifs is 6. The van der Waals surface area contributed by atoms with E-state index in [9.17, 15) is 0 Å². The van der Waals surface area contributed by atoms with Crippen LogP contribution in [0.3, 0.4) is 0 Å². The van der Waals surface area contributed by atoms with Gasteiger partial charge in [0.1, 0.15) is 0 Å². The van der Waals surface area contributed by atoms with E-state index in [1.54, 1.807) is 0 Å². The van der Waals surface area contributed by atoms with Crippen LogP contribution in [0.2, 0.25) is 0 Å². The molecule has 0 fully saturated rings. The van der Waals surface area contributed by atoms with Gasteiger partial charge >= 0.3 is 0 Å². The Kier molecular flexibility index (Phi) is 11.9. The summed E-state index contributed by atoms with van der Waals surface area (Å²) in [6.45, 7) is 0. The molecule has 2 nitrogen and oxygen atoms in total. The first kappa shape index (κ1) is 47.9. The number of hydrogen-bond donors (Lipinski definition) is 0. The molecule has 0 saturated carbocycles. The quantitative estimate of drug-likeness (QED) is 0.0902. The average Bonchev–Trinajstić information content (AvgIpc) is 3.77. The maximum atomic E-state index is 2.58. The minimum absolute atomic E-state index is 1.14. The van der Waals surface area contributed by atoms with Crippen molar-refractivity contribution in [2.24, 2.45) is 0 Å². The second-order valence-electron chi connectivity index (χ2n) is 21.2. The van der Waals surface area contributed by atoms with Crippen LogP contribution in [0.5, 0.6) is 0 Å². The molecule has 0 spiro atoms. The zero-order chi connectivity index (χ0) is 53.7. The molecule has 13 aromatic carbocycles. The fourth-order valence-corrected chi connectivity index (χ4v) is 17.9. The van der Waals surface area contributed by atoms with Gasteiger partial charge in [0, 0.05) is 38.4 Å². The zero-order valence-corrected chi connectivity index (χ0v) is 45.6. The average molecular weight is 1050 g/mol. The van der Waals surface area contributed by atoms with Gasteiger partial charge < -0.3 is 9.13 Å². The lowest BCUT2D eigenvalue weighted by molar-refractivity contribution is 1.18. The van der Waals surface area contributed by atoms with Gasteiger partial charge in [0.25, 0.3) is 0 Å². The molecule has 3 heteroatoms. The van der Waals surface area contributed by atoms with E-state index >= 15 is 0 Å². The highest BCUT2D eigenvalue weighted by atomic mass is 28.3. The van der Waals surface area contributed by atoms with Gasteiger partial charge in [0.05, 0.1) is 27.8 Å². The van der Waals surface area contributed by atoms with Crippen LogP contribution >= 0.6 is 0 Å². The van der Waals surface area contributed by atoms with Crippen LogP contribution in [-0.4, -0.2) is 17.2 Å². The van der Waals surface area contributed by atoms with Crippen molar-refractivity contribution in [2.75, 3.05) is 0 Å². The lowest BCUT2D eigenvalue weighted by Crippen LogP contribution is -2.74. The second kappa shape index (κ2) is 20.2. The molecule has 380 valence electrons. The summed E-state index contributed by atoms with van der Waals surface area (Å²) in [6, 6.07) is 122. The molecule has 0 aliphatic heterocycles. The molecule has 15 rings (SSSR count). The monoisotopic (exact) mass is 1050 g/mol. The van der Waals surface area contributed by atoms with Gasteiger partial charge in [-0.25, -0.2) is 0 Å². The van der Waals surface area contributed by atoms with Crippen molar-refractivity contribution < 1.29 is 0 Å². The molecule has 81 heavy (non-hydrogen) atoms. The Labute approximate surface area is 473 Å². The van der Waals surface area contributed by atoms with Crippen molar-refractivity contribution >= 4 is 72.4 Å². The minimum atomic E-state index is -3.28. The van der Waals surface area contributed by atoms with Crippen LogP contribution in [0, 0.1) is 0 Å². The summed E-state index contributed by atoms with van der Waals surface area (Å²) in [5.74, 6) is 0. The lowest BCUT2D eigenvalue weighted by Gasteiger charge is -2.36.